The Morgan fingerprint density at radius 2 is 1.97 bits per heavy atom. The number of non-ortho nitro benzene ring substituents is 1. The van der Waals surface area contributed by atoms with E-state index in [-0.39, 0.29) is 22.7 Å². The first-order valence-corrected chi connectivity index (χ1v) is 8.84. The Hall–Kier alpha value is -4.09. The van der Waals surface area contributed by atoms with Gasteiger partial charge in [0.2, 0.25) is 5.91 Å². The number of ether oxygens (including phenoxy) is 1. The summed E-state index contributed by atoms with van der Waals surface area (Å²) in [4.78, 5) is 48.6. The van der Waals surface area contributed by atoms with Crippen molar-refractivity contribution in [2.24, 2.45) is 0 Å². The summed E-state index contributed by atoms with van der Waals surface area (Å²) in [5.74, 6) is -1.92. The van der Waals surface area contributed by atoms with Gasteiger partial charge >= 0.3 is 12.6 Å². The van der Waals surface area contributed by atoms with Crippen LogP contribution in [-0.2, 0) is 15.1 Å². The lowest BCUT2D eigenvalue weighted by Crippen LogP contribution is -2.42. The topological polar surface area (TPSA) is 131 Å². The number of anilines is 1. The van der Waals surface area contributed by atoms with E-state index in [2.05, 4.69) is 15.4 Å². The summed E-state index contributed by atoms with van der Waals surface area (Å²) in [7, 11) is 0. The molecule has 4 amide bonds. The molecule has 2 aromatic rings. The number of nitro benzene ring substituents is 1. The number of alkyl halides is 2. The van der Waals surface area contributed by atoms with Crippen molar-refractivity contribution in [3.8, 4) is 5.75 Å². The highest BCUT2D eigenvalue weighted by atomic mass is 19.3. The SMILES string of the molecule is CC1(c2cccc([N+](=O)[O-])c2)NC(=O)N(CC(=O)Nc2ccccc2OC(F)F)C1=O. The van der Waals surface area contributed by atoms with Gasteiger partial charge in [-0.3, -0.25) is 24.6 Å². The molecule has 0 aromatic heterocycles. The summed E-state index contributed by atoms with van der Waals surface area (Å²) < 4.78 is 29.3. The van der Waals surface area contributed by atoms with Gasteiger partial charge in [0, 0.05) is 12.1 Å². The molecule has 0 spiro atoms. The molecule has 1 fully saturated rings. The van der Waals surface area contributed by atoms with Crippen molar-refractivity contribution in [2.75, 3.05) is 11.9 Å². The van der Waals surface area contributed by atoms with Gasteiger partial charge in [-0.15, -0.1) is 0 Å². The van der Waals surface area contributed by atoms with Crippen LogP contribution in [0.15, 0.2) is 48.5 Å². The number of benzene rings is 2. The number of hydrogen-bond donors (Lipinski definition) is 2. The van der Waals surface area contributed by atoms with E-state index >= 15 is 0 Å². The summed E-state index contributed by atoms with van der Waals surface area (Å²) in [6, 6.07) is 9.74. The van der Waals surface area contributed by atoms with Crippen molar-refractivity contribution >= 4 is 29.2 Å². The van der Waals surface area contributed by atoms with Crippen molar-refractivity contribution in [3.63, 3.8) is 0 Å². The van der Waals surface area contributed by atoms with E-state index in [1.165, 1.54) is 49.4 Å². The van der Waals surface area contributed by atoms with Gasteiger partial charge in [-0.2, -0.15) is 8.78 Å². The molecule has 31 heavy (non-hydrogen) atoms. The maximum atomic E-state index is 12.9. The summed E-state index contributed by atoms with van der Waals surface area (Å²) in [6.07, 6.45) is 0. The molecule has 1 saturated heterocycles. The first-order chi connectivity index (χ1) is 14.6. The number of amides is 4. The number of rotatable bonds is 7. The molecule has 0 saturated carbocycles. The standard InChI is InChI=1S/C19H16F2N4O6/c1-19(11-5-4-6-12(9-11)25(29)30)16(27)24(18(28)23-19)10-15(26)22-13-7-2-3-8-14(13)31-17(20)21/h2-9,17H,10H2,1H3,(H,22,26)(H,23,28). The second-order valence-electron chi connectivity index (χ2n) is 6.68. The van der Waals surface area contributed by atoms with Gasteiger partial charge in [-0.1, -0.05) is 24.3 Å². The van der Waals surface area contributed by atoms with Crippen LogP contribution in [0.3, 0.4) is 0 Å². The van der Waals surface area contributed by atoms with Crippen molar-refractivity contribution in [1.29, 1.82) is 0 Å². The smallest absolute Gasteiger partial charge is 0.387 e. The van der Waals surface area contributed by atoms with Gasteiger partial charge in [0.25, 0.3) is 11.6 Å². The van der Waals surface area contributed by atoms with Crippen LogP contribution in [0.1, 0.15) is 12.5 Å². The van der Waals surface area contributed by atoms with Gasteiger partial charge in [0.1, 0.15) is 17.8 Å². The second-order valence-corrected chi connectivity index (χ2v) is 6.68. The van der Waals surface area contributed by atoms with E-state index < -0.39 is 41.5 Å². The molecule has 0 bridgehead atoms. The molecule has 1 aliphatic heterocycles. The number of nitrogens with one attached hydrogen (secondary N) is 2. The van der Waals surface area contributed by atoms with Crippen molar-refractivity contribution in [1.82, 2.24) is 10.2 Å². The number of carbonyl (C=O) groups is 3. The molecule has 3 rings (SSSR count). The van der Waals surface area contributed by atoms with Crippen LogP contribution in [0.4, 0.5) is 25.0 Å². The van der Waals surface area contributed by atoms with Crippen molar-refractivity contribution in [2.45, 2.75) is 19.1 Å². The molecule has 1 aliphatic rings. The summed E-state index contributed by atoms with van der Waals surface area (Å²) >= 11 is 0. The average molecular weight is 434 g/mol. The predicted molar refractivity (Wildman–Crippen MR) is 102 cm³/mol. The molecule has 1 atom stereocenters. The van der Waals surface area contributed by atoms with Crippen molar-refractivity contribution < 1.29 is 32.8 Å². The van der Waals surface area contributed by atoms with Gasteiger partial charge in [0.05, 0.1) is 10.6 Å². The third-order valence-corrected chi connectivity index (χ3v) is 4.59. The summed E-state index contributed by atoms with van der Waals surface area (Å²) in [5, 5.41) is 15.8. The fourth-order valence-electron chi connectivity index (χ4n) is 3.07. The highest BCUT2D eigenvalue weighted by Gasteiger charge is 2.49. The minimum Gasteiger partial charge on any atom is -0.433 e. The zero-order valence-electron chi connectivity index (χ0n) is 16.0. The largest absolute Gasteiger partial charge is 0.433 e. The van der Waals surface area contributed by atoms with Crippen LogP contribution in [0.5, 0.6) is 5.75 Å². The molecule has 2 aromatic carbocycles. The number of nitro groups is 1. The Bertz CT molecular complexity index is 1060. The highest BCUT2D eigenvalue weighted by Crippen LogP contribution is 2.31. The number of para-hydroxylation sites is 2. The zero-order chi connectivity index (χ0) is 22.8. The van der Waals surface area contributed by atoms with E-state index in [1.54, 1.807) is 0 Å². The van der Waals surface area contributed by atoms with Crippen LogP contribution < -0.4 is 15.4 Å². The summed E-state index contributed by atoms with van der Waals surface area (Å²) in [6.45, 7) is -2.46. The predicted octanol–water partition coefficient (Wildman–Crippen LogP) is 2.60. The third kappa shape index (κ3) is 4.42. The molecule has 10 nitrogen and oxygen atoms in total. The molecule has 1 unspecified atom stereocenters. The van der Waals surface area contributed by atoms with E-state index in [0.717, 1.165) is 6.07 Å². The Kier molecular flexibility index (Phi) is 5.81. The highest BCUT2D eigenvalue weighted by molar-refractivity contribution is 6.10. The minimum absolute atomic E-state index is 0.0682. The number of carbonyl (C=O) groups excluding carboxylic acids is 3. The van der Waals surface area contributed by atoms with Crippen LogP contribution in [0.2, 0.25) is 0 Å². The van der Waals surface area contributed by atoms with E-state index in [1.807, 2.05) is 0 Å². The second kappa shape index (κ2) is 8.34. The maximum Gasteiger partial charge on any atom is 0.387 e. The number of imide groups is 1. The Morgan fingerprint density at radius 3 is 2.65 bits per heavy atom. The lowest BCUT2D eigenvalue weighted by Gasteiger charge is -2.22. The molecule has 0 aliphatic carbocycles. The Morgan fingerprint density at radius 1 is 1.26 bits per heavy atom. The maximum absolute atomic E-state index is 12.9. The van der Waals surface area contributed by atoms with E-state index in [4.69, 9.17) is 0 Å². The number of hydrogen-bond acceptors (Lipinski definition) is 6. The molecule has 12 heteroatoms. The van der Waals surface area contributed by atoms with Gasteiger partial charge in [-0.25, -0.2) is 4.79 Å². The zero-order valence-corrected chi connectivity index (χ0v) is 16.0. The minimum atomic E-state index is -3.11. The number of urea groups is 1. The lowest BCUT2D eigenvalue weighted by atomic mass is 9.91. The quantitative estimate of drug-likeness (QED) is 0.391. The van der Waals surface area contributed by atoms with Crippen LogP contribution in [0, 0.1) is 10.1 Å². The number of halogens is 2. The first kappa shape index (κ1) is 21.6. The average Bonchev–Trinajstić information content (AvgIpc) is 2.93. The lowest BCUT2D eigenvalue weighted by molar-refractivity contribution is -0.385. The first-order valence-electron chi connectivity index (χ1n) is 8.84. The number of nitrogens with zero attached hydrogens (tertiary/aromatic N) is 2. The molecule has 2 N–H and O–H groups in total. The molecular formula is C19H16F2N4O6. The van der Waals surface area contributed by atoms with Gasteiger partial charge < -0.3 is 15.4 Å². The fourth-order valence-corrected chi connectivity index (χ4v) is 3.07. The molecular weight excluding hydrogens is 418 g/mol. The van der Waals surface area contributed by atoms with Crippen LogP contribution in [0.25, 0.3) is 0 Å². The summed E-state index contributed by atoms with van der Waals surface area (Å²) in [5.41, 5.74) is -1.80. The Balaban J connectivity index is 1.77. The third-order valence-electron chi connectivity index (χ3n) is 4.59. The molecule has 1 heterocycles. The van der Waals surface area contributed by atoms with E-state index in [0.29, 0.717) is 4.90 Å². The monoisotopic (exact) mass is 434 g/mol. The van der Waals surface area contributed by atoms with Gasteiger partial charge in [-0.05, 0) is 24.6 Å². The van der Waals surface area contributed by atoms with Crippen LogP contribution >= 0.6 is 0 Å². The van der Waals surface area contributed by atoms with E-state index in [9.17, 15) is 33.3 Å². The van der Waals surface area contributed by atoms with Gasteiger partial charge in [0.15, 0.2) is 0 Å². The normalized spacial score (nSPS) is 18.1. The Labute approximate surface area is 173 Å². The van der Waals surface area contributed by atoms with Crippen LogP contribution in [-0.4, -0.2) is 40.8 Å². The fraction of sp³-hybridized carbons (Fsp3) is 0.211. The van der Waals surface area contributed by atoms with Crippen molar-refractivity contribution in [3.05, 3.63) is 64.2 Å². The molecule has 0 radical (unpaired) electrons. The molecule has 162 valence electrons.